The molecule has 0 aliphatic carbocycles. The highest BCUT2D eigenvalue weighted by atomic mass is 127. The third-order valence-corrected chi connectivity index (χ3v) is 3.76. The maximum Gasteiger partial charge on any atom is 0.266 e. The van der Waals surface area contributed by atoms with Crippen LogP contribution in [0.2, 0.25) is 0 Å². The highest BCUT2D eigenvalue weighted by Gasteiger charge is 2.17. The molecule has 1 aromatic rings. The van der Waals surface area contributed by atoms with Gasteiger partial charge in [0.1, 0.15) is 3.70 Å². The number of hydrogen-bond donors (Lipinski definition) is 0. The van der Waals surface area contributed by atoms with Crippen molar-refractivity contribution in [2.24, 2.45) is 0 Å². The van der Waals surface area contributed by atoms with Crippen molar-refractivity contribution in [1.82, 2.24) is 4.98 Å². The summed E-state index contributed by atoms with van der Waals surface area (Å²) in [5.74, 6) is 0. The van der Waals surface area contributed by atoms with Crippen molar-refractivity contribution in [2.45, 2.75) is 6.43 Å². The molecule has 0 fully saturated rings. The van der Waals surface area contributed by atoms with Crippen LogP contribution >= 0.6 is 38.5 Å². The van der Waals surface area contributed by atoms with E-state index in [0.717, 1.165) is 6.20 Å². The SMILES string of the molecule is O=Cc1c(C(F)F)cnc(I)c1Br. The maximum absolute atomic E-state index is 12.3. The lowest BCUT2D eigenvalue weighted by molar-refractivity contribution is 0.110. The smallest absolute Gasteiger partial charge is 0.266 e. The van der Waals surface area contributed by atoms with E-state index in [2.05, 4.69) is 20.9 Å². The summed E-state index contributed by atoms with van der Waals surface area (Å²) in [6.45, 7) is 0. The fraction of sp³-hybridized carbons (Fsp3) is 0.143. The summed E-state index contributed by atoms with van der Waals surface area (Å²) in [6.07, 6.45) is -1.27. The molecule has 1 rings (SSSR count). The number of carbonyl (C=O) groups is 1. The molecule has 70 valence electrons. The van der Waals surface area contributed by atoms with E-state index in [1.165, 1.54) is 0 Å². The van der Waals surface area contributed by atoms with E-state index in [1.54, 1.807) is 0 Å². The second kappa shape index (κ2) is 4.41. The van der Waals surface area contributed by atoms with E-state index in [0.29, 0.717) is 14.5 Å². The minimum Gasteiger partial charge on any atom is -0.298 e. The third-order valence-electron chi connectivity index (χ3n) is 1.40. The predicted octanol–water partition coefficient (Wildman–Crippen LogP) is 3.20. The Bertz CT molecular complexity index is 346. The number of alkyl halides is 2. The molecule has 6 heteroatoms. The lowest BCUT2D eigenvalue weighted by Gasteiger charge is -2.05. The Morgan fingerprint density at radius 1 is 1.62 bits per heavy atom. The summed E-state index contributed by atoms with van der Waals surface area (Å²) in [4.78, 5) is 14.2. The van der Waals surface area contributed by atoms with Crippen molar-refractivity contribution in [3.05, 3.63) is 25.5 Å². The normalized spacial score (nSPS) is 10.5. The van der Waals surface area contributed by atoms with Crippen molar-refractivity contribution in [3.63, 3.8) is 0 Å². The first-order valence-electron chi connectivity index (χ1n) is 3.15. The molecule has 0 saturated heterocycles. The van der Waals surface area contributed by atoms with Crippen LogP contribution in [0, 0.1) is 3.70 Å². The number of aldehydes is 1. The van der Waals surface area contributed by atoms with E-state index in [9.17, 15) is 13.6 Å². The van der Waals surface area contributed by atoms with E-state index >= 15 is 0 Å². The Hall–Kier alpha value is -0.110. The van der Waals surface area contributed by atoms with Gasteiger partial charge in [0.25, 0.3) is 6.43 Å². The zero-order valence-corrected chi connectivity index (χ0v) is 9.84. The third kappa shape index (κ3) is 2.22. The molecule has 2 nitrogen and oxygen atoms in total. The lowest BCUT2D eigenvalue weighted by atomic mass is 10.2. The van der Waals surface area contributed by atoms with Crippen LogP contribution in [0.4, 0.5) is 8.78 Å². The molecule has 0 bridgehead atoms. The van der Waals surface area contributed by atoms with Crippen molar-refractivity contribution in [3.8, 4) is 0 Å². The summed E-state index contributed by atoms with van der Waals surface area (Å²) in [5, 5.41) is 0. The quantitative estimate of drug-likeness (QED) is 0.460. The van der Waals surface area contributed by atoms with E-state index in [1.807, 2.05) is 22.6 Å². The van der Waals surface area contributed by atoms with E-state index in [-0.39, 0.29) is 11.1 Å². The van der Waals surface area contributed by atoms with E-state index in [4.69, 9.17) is 0 Å². The van der Waals surface area contributed by atoms with Crippen molar-refractivity contribution >= 4 is 44.8 Å². The maximum atomic E-state index is 12.3. The van der Waals surface area contributed by atoms with Gasteiger partial charge < -0.3 is 0 Å². The van der Waals surface area contributed by atoms with Gasteiger partial charge >= 0.3 is 0 Å². The Labute approximate surface area is 95.0 Å². The molecule has 13 heavy (non-hydrogen) atoms. The average molecular weight is 362 g/mol. The minimum atomic E-state index is -2.68. The van der Waals surface area contributed by atoms with Gasteiger partial charge in [0, 0.05) is 17.3 Å². The molecule has 1 aromatic heterocycles. The summed E-state index contributed by atoms with van der Waals surface area (Å²) in [5.41, 5.74) is -0.378. The van der Waals surface area contributed by atoms with Crippen LogP contribution in [0.1, 0.15) is 22.3 Å². The molecule has 0 spiro atoms. The topological polar surface area (TPSA) is 30.0 Å². The number of pyridine rings is 1. The van der Waals surface area contributed by atoms with Gasteiger partial charge in [-0.25, -0.2) is 13.8 Å². The number of hydrogen-bond acceptors (Lipinski definition) is 2. The molecule has 0 unspecified atom stereocenters. The fourth-order valence-corrected chi connectivity index (χ4v) is 1.64. The van der Waals surface area contributed by atoms with Crippen LogP contribution in [-0.4, -0.2) is 11.3 Å². The average Bonchev–Trinajstić information content (AvgIpc) is 2.09. The molecule has 0 aromatic carbocycles. The number of carbonyl (C=O) groups excluding carboxylic acids is 1. The van der Waals surface area contributed by atoms with Gasteiger partial charge in [-0.05, 0) is 38.5 Å². The van der Waals surface area contributed by atoms with Gasteiger partial charge in [0.2, 0.25) is 0 Å². The van der Waals surface area contributed by atoms with Crippen LogP contribution in [-0.2, 0) is 0 Å². The zero-order chi connectivity index (χ0) is 10.0. The van der Waals surface area contributed by atoms with Crippen molar-refractivity contribution < 1.29 is 13.6 Å². The monoisotopic (exact) mass is 361 g/mol. The standard InChI is InChI=1S/C7H3BrF2INO/c8-5-4(2-13)3(6(9)10)1-12-7(5)11/h1-2,6H. The number of halogens is 4. The summed E-state index contributed by atoms with van der Waals surface area (Å²) >= 11 is 4.88. The number of aromatic nitrogens is 1. The predicted molar refractivity (Wildman–Crippen MR) is 55.0 cm³/mol. The number of rotatable bonds is 2. The van der Waals surface area contributed by atoms with Gasteiger partial charge in [-0.15, -0.1) is 0 Å². The van der Waals surface area contributed by atoms with E-state index < -0.39 is 6.43 Å². The molecule has 0 atom stereocenters. The van der Waals surface area contributed by atoms with Crippen LogP contribution in [0.3, 0.4) is 0 Å². The van der Waals surface area contributed by atoms with Crippen molar-refractivity contribution in [1.29, 1.82) is 0 Å². The first kappa shape index (κ1) is 11.0. The summed E-state index contributed by atoms with van der Waals surface area (Å²) in [7, 11) is 0. The molecular formula is C7H3BrF2INO. The van der Waals surface area contributed by atoms with Crippen LogP contribution in [0.5, 0.6) is 0 Å². The molecule has 1 heterocycles. The van der Waals surface area contributed by atoms with Crippen LogP contribution < -0.4 is 0 Å². The second-order valence-electron chi connectivity index (χ2n) is 2.15. The Balaban J connectivity index is 3.38. The van der Waals surface area contributed by atoms with Gasteiger partial charge in [-0.1, -0.05) is 0 Å². The molecule has 0 radical (unpaired) electrons. The molecule has 0 aliphatic heterocycles. The summed E-state index contributed by atoms with van der Waals surface area (Å²) in [6, 6.07) is 0. The highest BCUT2D eigenvalue weighted by Crippen LogP contribution is 2.29. The van der Waals surface area contributed by atoms with Crippen molar-refractivity contribution in [2.75, 3.05) is 0 Å². The van der Waals surface area contributed by atoms with Gasteiger partial charge in [0.05, 0.1) is 4.47 Å². The Kier molecular flexibility index (Phi) is 3.72. The Morgan fingerprint density at radius 2 is 2.23 bits per heavy atom. The molecule has 0 aliphatic rings. The van der Waals surface area contributed by atoms with Gasteiger partial charge in [-0.3, -0.25) is 4.79 Å². The first-order valence-corrected chi connectivity index (χ1v) is 5.02. The molecule has 0 amide bonds. The molecule has 0 saturated carbocycles. The van der Waals surface area contributed by atoms with Crippen LogP contribution in [0.25, 0.3) is 0 Å². The minimum absolute atomic E-state index is 0.0330. The van der Waals surface area contributed by atoms with Gasteiger partial charge in [0.15, 0.2) is 6.29 Å². The highest BCUT2D eigenvalue weighted by molar-refractivity contribution is 14.1. The first-order chi connectivity index (χ1) is 6.07. The molecular weight excluding hydrogens is 359 g/mol. The number of nitrogens with zero attached hydrogens (tertiary/aromatic N) is 1. The Morgan fingerprint density at radius 3 is 2.69 bits per heavy atom. The molecule has 0 N–H and O–H groups in total. The summed E-state index contributed by atoms with van der Waals surface area (Å²) < 4.78 is 25.4. The lowest BCUT2D eigenvalue weighted by Crippen LogP contribution is -1.98. The fourth-order valence-electron chi connectivity index (χ4n) is 0.784. The zero-order valence-electron chi connectivity index (χ0n) is 6.10. The largest absolute Gasteiger partial charge is 0.298 e. The second-order valence-corrected chi connectivity index (χ2v) is 3.97. The van der Waals surface area contributed by atoms with Crippen LogP contribution in [0.15, 0.2) is 10.7 Å². The van der Waals surface area contributed by atoms with Gasteiger partial charge in [-0.2, -0.15) is 0 Å².